The van der Waals surface area contributed by atoms with Crippen LogP contribution in [0.3, 0.4) is 0 Å². The molecule has 0 spiro atoms. The fourth-order valence-electron chi connectivity index (χ4n) is 2.86. The van der Waals surface area contributed by atoms with Crippen LogP contribution in [0, 0.1) is 5.92 Å². The second kappa shape index (κ2) is 8.10. The second-order valence-corrected chi connectivity index (χ2v) is 5.91. The maximum absolute atomic E-state index is 10.3. The van der Waals surface area contributed by atoms with Crippen molar-refractivity contribution in [1.82, 2.24) is 4.90 Å². The lowest BCUT2D eigenvalue weighted by Gasteiger charge is -2.30. The van der Waals surface area contributed by atoms with Gasteiger partial charge < -0.3 is 5.11 Å². The number of hydrogen-bond donors (Lipinski definition) is 1. The number of nitrogens with zero attached hydrogens (tertiary/aromatic N) is 1. The van der Waals surface area contributed by atoms with E-state index in [1.807, 2.05) is 0 Å². The molecule has 2 heteroatoms. The highest BCUT2D eigenvalue weighted by atomic mass is 16.3. The first kappa shape index (κ1) is 15.0. The molecule has 0 aliphatic heterocycles. The van der Waals surface area contributed by atoms with Crippen LogP contribution in [0.25, 0.3) is 0 Å². The molecule has 17 heavy (non-hydrogen) atoms. The Hall–Kier alpha value is -0.0800. The van der Waals surface area contributed by atoms with Crippen molar-refractivity contribution in [3.05, 3.63) is 0 Å². The molecule has 0 bridgehead atoms. The molecule has 1 atom stereocenters. The van der Waals surface area contributed by atoms with Gasteiger partial charge in [0.2, 0.25) is 0 Å². The predicted molar refractivity (Wildman–Crippen MR) is 74.2 cm³/mol. The highest BCUT2D eigenvalue weighted by molar-refractivity contribution is 4.78. The van der Waals surface area contributed by atoms with Crippen LogP contribution >= 0.6 is 0 Å². The maximum atomic E-state index is 10.3. The fraction of sp³-hybridized carbons (Fsp3) is 1.00. The third-order valence-corrected chi connectivity index (χ3v) is 4.14. The Balaban J connectivity index is 2.31. The van der Waals surface area contributed by atoms with Gasteiger partial charge >= 0.3 is 0 Å². The molecule has 0 heterocycles. The number of aliphatic hydroxyl groups excluding tert-OH is 1. The van der Waals surface area contributed by atoms with E-state index < -0.39 is 0 Å². The molecule has 1 aliphatic rings. The van der Waals surface area contributed by atoms with Crippen LogP contribution < -0.4 is 0 Å². The highest BCUT2D eigenvalue weighted by Crippen LogP contribution is 2.28. The van der Waals surface area contributed by atoms with Gasteiger partial charge in [0.1, 0.15) is 0 Å². The monoisotopic (exact) mass is 241 g/mol. The average Bonchev–Trinajstić information content (AvgIpc) is 2.81. The molecule has 1 rings (SSSR count). The molecule has 1 unspecified atom stereocenters. The Labute approximate surface area is 107 Å². The standard InChI is InChI=1S/C15H31NO/c1-4-5-8-11-16(13(2)3)12-15(17)14-9-6-7-10-14/h13-15,17H,4-12H2,1-3H3. The zero-order chi connectivity index (χ0) is 12.7. The van der Waals surface area contributed by atoms with E-state index in [1.54, 1.807) is 0 Å². The molecule has 1 saturated carbocycles. The van der Waals surface area contributed by atoms with E-state index >= 15 is 0 Å². The fourth-order valence-corrected chi connectivity index (χ4v) is 2.86. The summed E-state index contributed by atoms with van der Waals surface area (Å²) >= 11 is 0. The largest absolute Gasteiger partial charge is 0.392 e. The third-order valence-electron chi connectivity index (χ3n) is 4.14. The predicted octanol–water partition coefficient (Wildman–Crippen LogP) is 3.44. The molecular formula is C15H31NO. The lowest BCUT2D eigenvalue weighted by molar-refractivity contribution is 0.0533. The van der Waals surface area contributed by atoms with Gasteiger partial charge in [-0.25, -0.2) is 0 Å². The van der Waals surface area contributed by atoms with E-state index in [0.717, 1.165) is 13.1 Å². The normalized spacial score (nSPS) is 19.4. The second-order valence-electron chi connectivity index (χ2n) is 5.91. The van der Waals surface area contributed by atoms with E-state index in [2.05, 4.69) is 25.7 Å². The van der Waals surface area contributed by atoms with E-state index in [1.165, 1.54) is 44.9 Å². The Morgan fingerprint density at radius 1 is 1.18 bits per heavy atom. The topological polar surface area (TPSA) is 23.5 Å². The molecule has 1 fully saturated rings. The van der Waals surface area contributed by atoms with Crippen LogP contribution in [0.5, 0.6) is 0 Å². The molecule has 1 aliphatic carbocycles. The van der Waals surface area contributed by atoms with Crippen molar-refractivity contribution in [2.24, 2.45) is 5.92 Å². The van der Waals surface area contributed by atoms with Crippen molar-refractivity contribution in [3.63, 3.8) is 0 Å². The van der Waals surface area contributed by atoms with Gasteiger partial charge in [-0.05, 0) is 45.6 Å². The number of aliphatic hydroxyl groups is 1. The van der Waals surface area contributed by atoms with E-state index in [0.29, 0.717) is 12.0 Å². The van der Waals surface area contributed by atoms with Gasteiger partial charge in [0.25, 0.3) is 0 Å². The van der Waals surface area contributed by atoms with Crippen molar-refractivity contribution >= 4 is 0 Å². The van der Waals surface area contributed by atoms with Gasteiger partial charge in [-0.15, -0.1) is 0 Å². The lowest BCUT2D eigenvalue weighted by atomic mass is 10.00. The first-order chi connectivity index (χ1) is 8.15. The summed E-state index contributed by atoms with van der Waals surface area (Å²) in [6.45, 7) is 8.76. The lowest BCUT2D eigenvalue weighted by Crippen LogP contribution is -2.40. The molecule has 102 valence electrons. The molecule has 0 aromatic rings. The van der Waals surface area contributed by atoms with Gasteiger partial charge in [-0.2, -0.15) is 0 Å². The van der Waals surface area contributed by atoms with Crippen molar-refractivity contribution in [3.8, 4) is 0 Å². The summed E-state index contributed by atoms with van der Waals surface area (Å²) in [5.74, 6) is 0.572. The van der Waals surface area contributed by atoms with Crippen LogP contribution in [0.2, 0.25) is 0 Å². The minimum absolute atomic E-state index is 0.0958. The summed E-state index contributed by atoms with van der Waals surface area (Å²) < 4.78 is 0. The van der Waals surface area contributed by atoms with Crippen LogP contribution in [0.15, 0.2) is 0 Å². The molecule has 2 nitrogen and oxygen atoms in total. The molecule has 0 aromatic heterocycles. The quantitative estimate of drug-likeness (QED) is 0.658. The van der Waals surface area contributed by atoms with Gasteiger partial charge in [0.05, 0.1) is 6.10 Å². The summed E-state index contributed by atoms with van der Waals surface area (Å²) in [7, 11) is 0. The number of unbranched alkanes of at least 4 members (excludes halogenated alkanes) is 2. The average molecular weight is 241 g/mol. The summed E-state index contributed by atoms with van der Waals surface area (Å²) in [5.41, 5.74) is 0. The number of rotatable bonds is 8. The summed E-state index contributed by atoms with van der Waals surface area (Å²) in [6, 6.07) is 0.558. The zero-order valence-corrected chi connectivity index (χ0v) is 12.0. The summed E-state index contributed by atoms with van der Waals surface area (Å²) in [4.78, 5) is 2.46. The summed E-state index contributed by atoms with van der Waals surface area (Å²) in [6.07, 6.45) is 8.87. The molecule has 0 amide bonds. The Bertz CT molecular complexity index is 187. The highest BCUT2D eigenvalue weighted by Gasteiger charge is 2.25. The smallest absolute Gasteiger partial charge is 0.0695 e. The maximum Gasteiger partial charge on any atom is 0.0695 e. The molecule has 0 aromatic carbocycles. The van der Waals surface area contributed by atoms with Gasteiger partial charge in [0, 0.05) is 12.6 Å². The minimum atomic E-state index is -0.0958. The van der Waals surface area contributed by atoms with Crippen molar-refractivity contribution < 1.29 is 5.11 Å². The SMILES string of the molecule is CCCCCN(CC(O)C1CCCC1)C(C)C. The van der Waals surface area contributed by atoms with Crippen LogP contribution in [0.4, 0.5) is 0 Å². The van der Waals surface area contributed by atoms with E-state index in [-0.39, 0.29) is 6.10 Å². The van der Waals surface area contributed by atoms with Crippen LogP contribution in [-0.4, -0.2) is 35.2 Å². The van der Waals surface area contributed by atoms with E-state index in [9.17, 15) is 5.11 Å². The molecule has 1 N–H and O–H groups in total. The first-order valence-electron chi connectivity index (χ1n) is 7.57. The molecular weight excluding hydrogens is 210 g/mol. The van der Waals surface area contributed by atoms with Crippen molar-refractivity contribution in [1.29, 1.82) is 0 Å². The van der Waals surface area contributed by atoms with E-state index in [4.69, 9.17) is 0 Å². The van der Waals surface area contributed by atoms with Crippen LogP contribution in [0.1, 0.15) is 65.7 Å². The van der Waals surface area contributed by atoms with Crippen LogP contribution in [-0.2, 0) is 0 Å². The Kier molecular flexibility index (Phi) is 7.14. The number of hydrogen-bond acceptors (Lipinski definition) is 2. The van der Waals surface area contributed by atoms with Gasteiger partial charge in [-0.1, -0.05) is 32.6 Å². The first-order valence-corrected chi connectivity index (χ1v) is 7.57. The van der Waals surface area contributed by atoms with Crippen molar-refractivity contribution in [2.45, 2.75) is 77.9 Å². The Morgan fingerprint density at radius 3 is 2.35 bits per heavy atom. The molecule has 0 radical (unpaired) electrons. The van der Waals surface area contributed by atoms with Gasteiger partial charge in [-0.3, -0.25) is 4.90 Å². The minimum Gasteiger partial charge on any atom is -0.392 e. The van der Waals surface area contributed by atoms with Gasteiger partial charge in [0.15, 0.2) is 0 Å². The molecule has 0 saturated heterocycles. The zero-order valence-electron chi connectivity index (χ0n) is 12.0. The third kappa shape index (κ3) is 5.39. The van der Waals surface area contributed by atoms with Crippen molar-refractivity contribution in [2.75, 3.05) is 13.1 Å². The Morgan fingerprint density at radius 2 is 1.82 bits per heavy atom. The summed E-state index contributed by atoms with van der Waals surface area (Å²) in [5, 5.41) is 10.3.